The average Bonchev–Trinajstić information content (AvgIpc) is 2.35. The van der Waals surface area contributed by atoms with Crippen LogP contribution in [0.4, 0.5) is 4.39 Å². The van der Waals surface area contributed by atoms with E-state index in [4.69, 9.17) is 17.4 Å². The van der Waals surface area contributed by atoms with Crippen molar-refractivity contribution in [3.8, 4) is 0 Å². The molecule has 0 radical (unpaired) electrons. The number of rotatable bonds is 3. The van der Waals surface area contributed by atoms with E-state index in [0.29, 0.717) is 10.6 Å². The van der Waals surface area contributed by atoms with Gasteiger partial charge in [-0.25, -0.2) is 9.82 Å². The first-order valence-corrected chi connectivity index (χ1v) is 6.30. The molecule has 94 valence electrons. The number of hydrogen-bond donors (Lipinski definition) is 2. The standard InChI is InChI=1S/C12H10BrClFN3/c13-11-2-1-8(14)4-10(11)12(18-16)7-3-9(15)6-17-5-7/h1-6,12,18H,16H2. The molecule has 2 rings (SSSR count). The first-order chi connectivity index (χ1) is 8.61. The molecule has 3 nitrogen and oxygen atoms in total. The van der Waals surface area contributed by atoms with E-state index in [1.807, 2.05) is 6.07 Å². The van der Waals surface area contributed by atoms with Crippen LogP contribution in [0.15, 0.2) is 41.1 Å². The Morgan fingerprint density at radius 2 is 2.11 bits per heavy atom. The van der Waals surface area contributed by atoms with E-state index >= 15 is 0 Å². The molecule has 1 atom stereocenters. The summed E-state index contributed by atoms with van der Waals surface area (Å²) in [5.41, 5.74) is 4.08. The van der Waals surface area contributed by atoms with Gasteiger partial charge in [-0.2, -0.15) is 0 Å². The summed E-state index contributed by atoms with van der Waals surface area (Å²) in [6, 6.07) is 6.33. The van der Waals surface area contributed by atoms with Gasteiger partial charge < -0.3 is 0 Å². The van der Waals surface area contributed by atoms with Gasteiger partial charge in [0.2, 0.25) is 0 Å². The molecule has 2 aromatic rings. The number of hydrogen-bond acceptors (Lipinski definition) is 3. The number of hydrazine groups is 1. The van der Waals surface area contributed by atoms with Crippen molar-refractivity contribution in [1.82, 2.24) is 10.4 Å². The molecule has 0 aliphatic rings. The molecular formula is C12H10BrClFN3. The predicted molar refractivity (Wildman–Crippen MR) is 72.5 cm³/mol. The second-order valence-electron chi connectivity index (χ2n) is 3.70. The van der Waals surface area contributed by atoms with Gasteiger partial charge >= 0.3 is 0 Å². The highest BCUT2D eigenvalue weighted by Crippen LogP contribution is 2.30. The normalized spacial score (nSPS) is 12.4. The van der Waals surface area contributed by atoms with E-state index in [2.05, 4.69) is 26.3 Å². The molecule has 6 heteroatoms. The Balaban J connectivity index is 2.48. The summed E-state index contributed by atoms with van der Waals surface area (Å²) in [5.74, 6) is 5.13. The predicted octanol–water partition coefficient (Wildman–Crippen LogP) is 3.19. The number of nitrogens with two attached hydrogens (primary N) is 1. The molecular weight excluding hydrogens is 321 g/mol. The number of benzene rings is 1. The Hall–Kier alpha value is -1.01. The van der Waals surface area contributed by atoms with Gasteiger partial charge in [-0.1, -0.05) is 27.5 Å². The number of halogens is 3. The third kappa shape index (κ3) is 2.87. The van der Waals surface area contributed by atoms with Crippen LogP contribution in [-0.4, -0.2) is 4.98 Å². The lowest BCUT2D eigenvalue weighted by atomic mass is 10.0. The highest BCUT2D eigenvalue weighted by Gasteiger charge is 2.16. The summed E-state index contributed by atoms with van der Waals surface area (Å²) in [6.07, 6.45) is 2.70. The average molecular weight is 331 g/mol. The Morgan fingerprint density at radius 3 is 2.78 bits per heavy atom. The summed E-state index contributed by atoms with van der Waals surface area (Å²) >= 11 is 9.38. The molecule has 0 amide bonds. The number of nitrogens with one attached hydrogen (secondary N) is 1. The largest absolute Gasteiger partial charge is 0.271 e. The van der Waals surface area contributed by atoms with Crippen molar-refractivity contribution in [3.63, 3.8) is 0 Å². The van der Waals surface area contributed by atoms with Crippen molar-refractivity contribution < 1.29 is 4.39 Å². The topological polar surface area (TPSA) is 50.9 Å². The molecule has 18 heavy (non-hydrogen) atoms. The summed E-state index contributed by atoms with van der Waals surface area (Å²) in [7, 11) is 0. The molecule has 1 aromatic carbocycles. The second kappa shape index (κ2) is 5.75. The van der Waals surface area contributed by atoms with Gasteiger partial charge in [0.25, 0.3) is 0 Å². The van der Waals surface area contributed by atoms with Crippen molar-refractivity contribution >= 4 is 27.5 Å². The minimum atomic E-state index is -0.411. The van der Waals surface area contributed by atoms with Gasteiger partial charge in [0, 0.05) is 15.7 Å². The molecule has 0 aliphatic heterocycles. The zero-order valence-corrected chi connectivity index (χ0v) is 11.5. The minimum absolute atomic E-state index is 0.388. The number of pyridine rings is 1. The molecule has 0 saturated heterocycles. The van der Waals surface area contributed by atoms with Crippen molar-refractivity contribution in [2.45, 2.75) is 6.04 Å². The van der Waals surface area contributed by atoms with Crippen LogP contribution in [0.1, 0.15) is 17.2 Å². The lowest BCUT2D eigenvalue weighted by Crippen LogP contribution is -2.29. The van der Waals surface area contributed by atoms with E-state index in [0.717, 1.165) is 16.2 Å². The first-order valence-electron chi connectivity index (χ1n) is 5.13. The summed E-state index contributed by atoms with van der Waals surface area (Å²) in [6.45, 7) is 0. The molecule has 1 aromatic heterocycles. The quantitative estimate of drug-likeness (QED) is 0.671. The van der Waals surface area contributed by atoms with Crippen molar-refractivity contribution in [3.05, 3.63) is 63.1 Å². The van der Waals surface area contributed by atoms with Crippen LogP contribution in [0.25, 0.3) is 0 Å². The molecule has 3 N–H and O–H groups in total. The van der Waals surface area contributed by atoms with Crippen LogP contribution in [0.2, 0.25) is 5.02 Å². The Morgan fingerprint density at radius 1 is 1.33 bits per heavy atom. The molecule has 0 bridgehead atoms. The molecule has 1 heterocycles. The van der Waals surface area contributed by atoms with Gasteiger partial charge in [0.1, 0.15) is 5.82 Å². The summed E-state index contributed by atoms with van der Waals surface area (Å²) < 4.78 is 14.0. The van der Waals surface area contributed by atoms with E-state index in [9.17, 15) is 4.39 Å². The van der Waals surface area contributed by atoms with Crippen molar-refractivity contribution in [2.75, 3.05) is 0 Å². The summed E-state index contributed by atoms with van der Waals surface area (Å²) in [5, 5.41) is 0.581. The first kappa shape index (κ1) is 13.4. The summed E-state index contributed by atoms with van der Waals surface area (Å²) in [4.78, 5) is 3.81. The Bertz CT molecular complexity index is 565. The fraction of sp³-hybridized carbons (Fsp3) is 0.0833. The van der Waals surface area contributed by atoms with Gasteiger partial charge in [0.05, 0.1) is 12.2 Å². The molecule has 0 saturated carbocycles. The third-order valence-electron chi connectivity index (χ3n) is 2.50. The van der Waals surface area contributed by atoms with Gasteiger partial charge in [-0.3, -0.25) is 10.8 Å². The van der Waals surface area contributed by atoms with Crippen LogP contribution >= 0.6 is 27.5 Å². The van der Waals surface area contributed by atoms with E-state index < -0.39 is 5.82 Å². The molecule has 0 fully saturated rings. The molecule has 1 unspecified atom stereocenters. The Labute approximate surface area is 117 Å². The molecule has 0 aliphatic carbocycles. The maximum absolute atomic E-state index is 13.2. The second-order valence-corrected chi connectivity index (χ2v) is 4.99. The van der Waals surface area contributed by atoms with Crippen LogP contribution in [0.3, 0.4) is 0 Å². The zero-order chi connectivity index (χ0) is 13.1. The van der Waals surface area contributed by atoms with E-state index in [-0.39, 0.29) is 6.04 Å². The van der Waals surface area contributed by atoms with Crippen LogP contribution in [-0.2, 0) is 0 Å². The maximum Gasteiger partial charge on any atom is 0.141 e. The van der Waals surface area contributed by atoms with E-state index in [1.165, 1.54) is 6.07 Å². The van der Waals surface area contributed by atoms with Crippen molar-refractivity contribution in [1.29, 1.82) is 0 Å². The highest BCUT2D eigenvalue weighted by atomic mass is 79.9. The number of aromatic nitrogens is 1. The lowest BCUT2D eigenvalue weighted by molar-refractivity contribution is 0.597. The van der Waals surface area contributed by atoms with Crippen molar-refractivity contribution in [2.24, 2.45) is 5.84 Å². The van der Waals surface area contributed by atoms with E-state index in [1.54, 1.807) is 18.3 Å². The molecule has 0 spiro atoms. The lowest BCUT2D eigenvalue weighted by Gasteiger charge is -2.18. The van der Waals surface area contributed by atoms with Crippen LogP contribution < -0.4 is 11.3 Å². The van der Waals surface area contributed by atoms with Crippen LogP contribution in [0, 0.1) is 5.82 Å². The van der Waals surface area contributed by atoms with Crippen LogP contribution in [0.5, 0.6) is 0 Å². The fourth-order valence-corrected chi connectivity index (χ4v) is 2.34. The number of nitrogens with zero attached hydrogens (tertiary/aromatic N) is 1. The SMILES string of the molecule is NNC(c1cncc(F)c1)c1cc(Cl)ccc1Br. The Kier molecular flexibility index (Phi) is 4.29. The zero-order valence-electron chi connectivity index (χ0n) is 9.20. The van der Waals surface area contributed by atoms with Gasteiger partial charge in [0.15, 0.2) is 0 Å². The van der Waals surface area contributed by atoms with Gasteiger partial charge in [-0.15, -0.1) is 0 Å². The highest BCUT2D eigenvalue weighted by molar-refractivity contribution is 9.10. The smallest absolute Gasteiger partial charge is 0.141 e. The van der Waals surface area contributed by atoms with Gasteiger partial charge in [-0.05, 0) is 35.4 Å². The monoisotopic (exact) mass is 329 g/mol. The maximum atomic E-state index is 13.2. The fourth-order valence-electron chi connectivity index (χ4n) is 1.69. The minimum Gasteiger partial charge on any atom is -0.271 e. The third-order valence-corrected chi connectivity index (χ3v) is 3.45.